The van der Waals surface area contributed by atoms with Crippen LogP contribution in [0.5, 0.6) is 0 Å². The first-order chi connectivity index (χ1) is 19.1. The van der Waals surface area contributed by atoms with E-state index in [1.807, 2.05) is 28.8 Å². The number of benzene rings is 2. The van der Waals surface area contributed by atoms with Gasteiger partial charge in [-0.05, 0) is 60.1 Å². The third kappa shape index (κ3) is 5.23. The molecular formula is C28H27ClFN5O3S2. The van der Waals surface area contributed by atoms with Crippen LogP contribution in [0, 0.1) is 11.7 Å². The third-order valence-electron chi connectivity index (χ3n) is 7.73. The molecule has 40 heavy (non-hydrogen) atoms. The normalized spacial score (nSPS) is 21.4. The molecule has 1 N–H and O–H groups in total. The minimum Gasteiger partial charge on any atom is -0.326 e. The van der Waals surface area contributed by atoms with Crippen LogP contribution < -0.4 is 5.32 Å². The van der Waals surface area contributed by atoms with Crippen LogP contribution in [-0.2, 0) is 21.4 Å². The number of rotatable bonds is 6. The second kappa shape index (κ2) is 10.4. The first-order valence-corrected chi connectivity index (χ1v) is 16.1. The molecule has 208 valence electrons. The standard InChI is InChI=1S/C28H27ClFN5O3S2/c1-40(37,38)35-9-8-28(16-35)22(7-10-39-28)27(36)33-26-13-21(23(29)14-31-26)19-5-6-24-25(12-19)34(17-32-24)15-18-3-2-4-20(30)11-18/h2-6,11-14,17,22H,7-10,15-16H2,1H3,(H,31,33,36). The van der Waals surface area contributed by atoms with Gasteiger partial charge in [-0.2, -0.15) is 11.8 Å². The molecule has 4 aromatic rings. The minimum absolute atomic E-state index is 0.162. The maximum absolute atomic E-state index is 13.7. The average molecular weight is 600 g/mol. The van der Waals surface area contributed by atoms with E-state index in [1.165, 1.54) is 28.9 Å². The van der Waals surface area contributed by atoms with Crippen molar-refractivity contribution in [2.45, 2.75) is 24.1 Å². The molecule has 6 rings (SSSR count). The highest BCUT2D eigenvalue weighted by atomic mass is 35.5. The van der Waals surface area contributed by atoms with Gasteiger partial charge in [0, 0.05) is 36.1 Å². The number of carbonyl (C=O) groups is 1. The predicted molar refractivity (Wildman–Crippen MR) is 156 cm³/mol. The van der Waals surface area contributed by atoms with Crippen LogP contribution in [0.2, 0.25) is 5.02 Å². The topological polar surface area (TPSA) is 97.2 Å². The van der Waals surface area contributed by atoms with E-state index >= 15 is 0 Å². The highest BCUT2D eigenvalue weighted by Crippen LogP contribution is 2.49. The van der Waals surface area contributed by atoms with Gasteiger partial charge in [0.05, 0.1) is 34.6 Å². The van der Waals surface area contributed by atoms with Crippen LogP contribution in [0.1, 0.15) is 18.4 Å². The molecule has 1 spiro atoms. The summed E-state index contributed by atoms with van der Waals surface area (Å²) in [5, 5.41) is 3.40. The van der Waals surface area contributed by atoms with Gasteiger partial charge in [-0.25, -0.2) is 27.1 Å². The lowest BCUT2D eigenvalue weighted by molar-refractivity contribution is -0.120. The van der Waals surface area contributed by atoms with Crippen molar-refractivity contribution in [2.75, 3.05) is 30.4 Å². The quantitative estimate of drug-likeness (QED) is 0.334. The first kappa shape index (κ1) is 27.2. The van der Waals surface area contributed by atoms with Gasteiger partial charge >= 0.3 is 0 Å². The zero-order valence-electron chi connectivity index (χ0n) is 21.7. The molecule has 0 bridgehead atoms. The number of hydrogen-bond donors (Lipinski definition) is 1. The molecule has 0 aliphatic carbocycles. The molecule has 2 saturated heterocycles. The Kier molecular flexibility index (Phi) is 7.10. The van der Waals surface area contributed by atoms with E-state index in [9.17, 15) is 17.6 Å². The van der Waals surface area contributed by atoms with Crippen molar-refractivity contribution in [3.8, 4) is 11.1 Å². The molecule has 2 aromatic carbocycles. The number of sulfonamides is 1. The zero-order chi connectivity index (χ0) is 28.1. The summed E-state index contributed by atoms with van der Waals surface area (Å²) < 4.78 is 40.9. The number of carbonyl (C=O) groups excluding carboxylic acids is 1. The third-order valence-corrected chi connectivity index (χ3v) is 10.9. The Hall–Kier alpha value is -2.99. The minimum atomic E-state index is -3.31. The number of aromatic nitrogens is 3. The molecule has 4 heterocycles. The largest absolute Gasteiger partial charge is 0.326 e. The predicted octanol–water partition coefficient (Wildman–Crippen LogP) is 5.03. The summed E-state index contributed by atoms with van der Waals surface area (Å²) in [7, 11) is -3.31. The van der Waals surface area contributed by atoms with Gasteiger partial charge in [0.1, 0.15) is 11.6 Å². The fraction of sp³-hybridized carbons (Fsp3) is 0.321. The SMILES string of the molecule is CS(=O)(=O)N1CCC2(C1)SCCC2C(=O)Nc1cc(-c2ccc3ncn(Cc4cccc(F)c4)c3c2)c(Cl)cn1. The molecule has 0 radical (unpaired) electrons. The van der Waals surface area contributed by atoms with Crippen LogP contribution in [0.3, 0.4) is 0 Å². The van der Waals surface area contributed by atoms with Crippen LogP contribution in [-0.4, -0.2) is 63.0 Å². The van der Waals surface area contributed by atoms with E-state index in [2.05, 4.69) is 15.3 Å². The van der Waals surface area contributed by atoms with Gasteiger partial charge in [-0.15, -0.1) is 0 Å². The van der Waals surface area contributed by atoms with Gasteiger partial charge in [0.25, 0.3) is 0 Å². The second-order valence-electron chi connectivity index (χ2n) is 10.3. The van der Waals surface area contributed by atoms with Crippen LogP contribution in [0.4, 0.5) is 10.2 Å². The Morgan fingerprint density at radius 2 is 2.08 bits per heavy atom. The Balaban J connectivity index is 1.25. The van der Waals surface area contributed by atoms with Crippen molar-refractivity contribution < 1.29 is 17.6 Å². The summed E-state index contributed by atoms with van der Waals surface area (Å²) in [6.07, 6.45) is 5.78. The number of imidazole rings is 1. The number of amides is 1. The summed E-state index contributed by atoms with van der Waals surface area (Å²) >= 11 is 8.25. The highest BCUT2D eigenvalue weighted by molar-refractivity contribution is 8.01. The molecule has 0 saturated carbocycles. The number of anilines is 1. The van der Waals surface area contributed by atoms with Crippen molar-refractivity contribution >= 4 is 56.1 Å². The zero-order valence-corrected chi connectivity index (χ0v) is 24.1. The Bertz CT molecular complexity index is 1730. The Morgan fingerprint density at radius 1 is 1.23 bits per heavy atom. The molecule has 2 aliphatic heterocycles. The van der Waals surface area contributed by atoms with Gasteiger partial charge < -0.3 is 9.88 Å². The van der Waals surface area contributed by atoms with Crippen molar-refractivity contribution in [2.24, 2.45) is 5.92 Å². The second-order valence-corrected chi connectivity index (χ2v) is 14.2. The van der Waals surface area contributed by atoms with E-state index < -0.39 is 14.8 Å². The van der Waals surface area contributed by atoms with Crippen LogP contribution in [0.15, 0.2) is 61.1 Å². The van der Waals surface area contributed by atoms with Crippen molar-refractivity contribution in [3.05, 3.63) is 77.5 Å². The summed E-state index contributed by atoms with van der Waals surface area (Å²) in [6.45, 7) is 1.23. The number of pyridine rings is 1. The van der Waals surface area contributed by atoms with Crippen molar-refractivity contribution in [3.63, 3.8) is 0 Å². The molecule has 2 fully saturated rings. The van der Waals surface area contributed by atoms with Gasteiger partial charge in [0.2, 0.25) is 15.9 Å². The molecule has 2 atom stereocenters. The van der Waals surface area contributed by atoms with E-state index in [4.69, 9.17) is 11.6 Å². The monoisotopic (exact) mass is 599 g/mol. The molecular weight excluding hydrogens is 573 g/mol. The Morgan fingerprint density at radius 3 is 2.85 bits per heavy atom. The molecule has 12 heteroatoms. The Labute approximate surface area is 241 Å². The van der Waals surface area contributed by atoms with E-state index in [1.54, 1.807) is 30.2 Å². The van der Waals surface area contributed by atoms with Gasteiger partial charge in [-0.1, -0.05) is 29.8 Å². The average Bonchev–Trinajstić information content (AvgIpc) is 3.64. The molecule has 2 aromatic heterocycles. The number of hydrogen-bond acceptors (Lipinski definition) is 6. The van der Waals surface area contributed by atoms with E-state index in [0.717, 1.165) is 27.9 Å². The summed E-state index contributed by atoms with van der Waals surface area (Å²) in [4.78, 5) is 22.3. The molecule has 2 unspecified atom stereocenters. The maximum Gasteiger partial charge on any atom is 0.230 e. The van der Waals surface area contributed by atoms with Crippen molar-refractivity contribution in [1.29, 1.82) is 0 Å². The lowest BCUT2D eigenvalue weighted by Gasteiger charge is -2.29. The van der Waals surface area contributed by atoms with Gasteiger partial charge in [0.15, 0.2) is 0 Å². The maximum atomic E-state index is 13.7. The number of thioether (sulfide) groups is 1. The molecule has 2 aliphatic rings. The number of nitrogens with zero attached hydrogens (tertiary/aromatic N) is 4. The highest BCUT2D eigenvalue weighted by Gasteiger charge is 2.52. The van der Waals surface area contributed by atoms with Crippen molar-refractivity contribution in [1.82, 2.24) is 18.8 Å². The van der Waals surface area contributed by atoms with Crippen LogP contribution in [0.25, 0.3) is 22.2 Å². The summed E-state index contributed by atoms with van der Waals surface area (Å²) in [5.41, 5.74) is 4.00. The first-order valence-electron chi connectivity index (χ1n) is 12.9. The van der Waals surface area contributed by atoms with Gasteiger partial charge in [-0.3, -0.25) is 4.79 Å². The fourth-order valence-corrected chi connectivity index (χ4v) is 8.54. The lowest BCUT2D eigenvalue weighted by atomic mass is 9.88. The van der Waals surface area contributed by atoms with E-state index in [0.29, 0.717) is 48.9 Å². The molecule has 8 nitrogen and oxygen atoms in total. The number of fused-ring (bicyclic) bond motifs is 1. The number of nitrogens with one attached hydrogen (secondary N) is 1. The summed E-state index contributed by atoms with van der Waals surface area (Å²) in [5.74, 6) is 0.410. The fourth-order valence-electron chi connectivity index (χ4n) is 5.69. The summed E-state index contributed by atoms with van der Waals surface area (Å²) in [6, 6.07) is 14.0. The van der Waals surface area contributed by atoms with Crippen LogP contribution >= 0.6 is 23.4 Å². The number of halogens is 2. The molecule has 1 amide bonds. The lowest BCUT2D eigenvalue weighted by Crippen LogP contribution is -2.42. The van der Waals surface area contributed by atoms with E-state index in [-0.39, 0.29) is 17.6 Å². The smallest absolute Gasteiger partial charge is 0.230 e.